The Morgan fingerprint density at radius 2 is 1.83 bits per heavy atom. The average Bonchev–Trinajstić information content (AvgIpc) is 3.60. The Bertz CT molecular complexity index is 1280. The van der Waals surface area contributed by atoms with Crippen molar-refractivity contribution in [1.29, 1.82) is 5.26 Å². The van der Waals surface area contributed by atoms with Crippen LogP contribution in [0.3, 0.4) is 0 Å². The molecule has 2 saturated carbocycles. The van der Waals surface area contributed by atoms with Crippen LogP contribution in [0.15, 0.2) is 32.7 Å². The number of sulfonamides is 1. The Balaban J connectivity index is 1.86. The second kappa shape index (κ2) is 6.96. The molecule has 1 aromatic carbocycles. The molecule has 2 fully saturated rings. The summed E-state index contributed by atoms with van der Waals surface area (Å²) in [5.74, 6) is 0. The minimum absolute atomic E-state index is 0.00321. The highest BCUT2D eigenvalue weighted by Crippen LogP contribution is 2.46. The molecule has 9 nitrogen and oxygen atoms in total. The molecule has 2 aliphatic carbocycles. The smallest absolute Gasteiger partial charge is 0.322 e. The Kier molecular flexibility index (Phi) is 4.78. The van der Waals surface area contributed by atoms with Gasteiger partial charge >= 0.3 is 5.69 Å². The van der Waals surface area contributed by atoms with Gasteiger partial charge in [-0.1, -0.05) is 6.92 Å². The number of aromatic nitrogens is 2. The molecule has 0 bridgehead atoms. The van der Waals surface area contributed by atoms with Gasteiger partial charge in [0.05, 0.1) is 15.8 Å². The maximum absolute atomic E-state index is 13.1. The van der Waals surface area contributed by atoms with Crippen molar-refractivity contribution in [3.63, 3.8) is 0 Å². The van der Waals surface area contributed by atoms with Crippen molar-refractivity contribution in [2.45, 2.75) is 63.1 Å². The summed E-state index contributed by atoms with van der Waals surface area (Å²) in [6, 6.07) is 4.35. The largest absolute Gasteiger partial charge is 0.331 e. The van der Waals surface area contributed by atoms with Gasteiger partial charge in [0, 0.05) is 25.2 Å². The number of nitriles is 1. The first-order valence-corrected chi connectivity index (χ1v) is 11.5. The van der Waals surface area contributed by atoms with Gasteiger partial charge in [0.15, 0.2) is 6.19 Å². The molecular formula is C20H25N5O4S. The number of hydrogen-bond donors (Lipinski definition) is 2. The fourth-order valence-electron chi connectivity index (χ4n) is 3.57. The van der Waals surface area contributed by atoms with Crippen LogP contribution in [0.2, 0.25) is 0 Å². The quantitative estimate of drug-likeness (QED) is 0.363. The van der Waals surface area contributed by atoms with Crippen molar-refractivity contribution in [2.24, 2.45) is 5.41 Å². The Labute approximate surface area is 174 Å². The van der Waals surface area contributed by atoms with Crippen molar-refractivity contribution >= 4 is 20.9 Å². The van der Waals surface area contributed by atoms with Crippen molar-refractivity contribution in [2.75, 3.05) is 6.54 Å². The third-order valence-electron chi connectivity index (χ3n) is 6.07. The summed E-state index contributed by atoms with van der Waals surface area (Å²) in [6.45, 7) is 4.53. The first-order chi connectivity index (χ1) is 14.1. The second-order valence-electron chi connectivity index (χ2n) is 9.02. The van der Waals surface area contributed by atoms with Gasteiger partial charge in [0.1, 0.15) is 0 Å². The molecule has 2 aromatic rings. The molecule has 2 N–H and O–H groups in total. The number of rotatable bonds is 8. The van der Waals surface area contributed by atoms with Gasteiger partial charge in [-0.2, -0.15) is 5.26 Å². The lowest BCUT2D eigenvalue weighted by atomic mass is 10.1. The van der Waals surface area contributed by atoms with E-state index in [1.165, 1.54) is 12.1 Å². The number of hydrogen-bond acceptors (Lipinski definition) is 6. The van der Waals surface area contributed by atoms with Gasteiger partial charge in [-0.25, -0.2) is 17.9 Å². The second-order valence-corrected chi connectivity index (χ2v) is 10.7. The molecule has 4 rings (SSSR count). The van der Waals surface area contributed by atoms with E-state index in [2.05, 4.69) is 17.0 Å². The van der Waals surface area contributed by atoms with Crippen molar-refractivity contribution < 1.29 is 8.42 Å². The molecule has 2 aliphatic rings. The molecule has 10 heteroatoms. The first-order valence-electron chi connectivity index (χ1n) is 10.0. The third-order valence-corrected chi connectivity index (χ3v) is 7.71. The molecular weight excluding hydrogens is 406 g/mol. The van der Waals surface area contributed by atoms with E-state index in [1.54, 1.807) is 16.8 Å². The molecule has 0 amide bonds. The van der Waals surface area contributed by atoms with Crippen LogP contribution in [-0.4, -0.2) is 29.6 Å². The van der Waals surface area contributed by atoms with E-state index in [0.29, 0.717) is 12.1 Å². The molecule has 0 aliphatic heterocycles. The average molecular weight is 432 g/mol. The number of nitrogens with zero attached hydrogens (tertiary/aromatic N) is 3. The van der Waals surface area contributed by atoms with E-state index in [0.717, 1.165) is 30.3 Å². The number of fused-ring (bicyclic) bond motifs is 1. The molecule has 0 saturated heterocycles. The highest BCUT2D eigenvalue weighted by Gasteiger charge is 2.41. The zero-order valence-electron chi connectivity index (χ0n) is 17.1. The zero-order chi connectivity index (χ0) is 21.7. The molecule has 0 spiro atoms. The van der Waals surface area contributed by atoms with Gasteiger partial charge in [-0.05, 0) is 56.2 Å². The molecule has 0 unspecified atom stereocenters. The molecule has 0 radical (unpaired) electrons. The van der Waals surface area contributed by atoms with E-state index in [-0.39, 0.29) is 28.8 Å². The fourth-order valence-corrected chi connectivity index (χ4v) is 5.06. The lowest BCUT2D eigenvalue weighted by Crippen LogP contribution is -2.42. The van der Waals surface area contributed by atoms with Crippen LogP contribution in [-0.2, 0) is 23.1 Å². The van der Waals surface area contributed by atoms with E-state index in [9.17, 15) is 18.0 Å². The van der Waals surface area contributed by atoms with Crippen molar-refractivity contribution in [3.8, 4) is 6.19 Å². The van der Waals surface area contributed by atoms with Crippen molar-refractivity contribution in [1.82, 2.24) is 19.2 Å². The highest BCUT2D eigenvalue weighted by molar-refractivity contribution is 7.89. The summed E-state index contributed by atoms with van der Waals surface area (Å²) >= 11 is 0. The maximum atomic E-state index is 13.1. The topological polar surface area (TPSA) is 126 Å². The van der Waals surface area contributed by atoms with Gasteiger partial charge in [0.25, 0.3) is 5.56 Å². The predicted molar refractivity (Wildman–Crippen MR) is 111 cm³/mol. The van der Waals surface area contributed by atoms with Gasteiger partial charge in [-0.3, -0.25) is 13.9 Å². The Morgan fingerprint density at radius 1 is 1.13 bits per heavy atom. The SMILES string of the molecule is CC1(Cn2c(=O)n(CCNC#N)c(=O)c3cc(S(=O)(=O)NC4(C)CC4)ccc32)CC1. The van der Waals surface area contributed by atoms with Crippen LogP contribution < -0.4 is 21.3 Å². The van der Waals surface area contributed by atoms with E-state index < -0.39 is 26.8 Å². The first kappa shape index (κ1) is 20.6. The highest BCUT2D eigenvalue weighted by atomic mass is 32.2. The van der Waals surface area contributed by atoms with Crippen LogP contribution in [0.4, 0.5) is 0 Å². The molecule has 30 heavy (non-hydrogen) atoms. The van der Waals surface area contributed by atoms with Crippen molar-refractivity contribution in [3.05, 3.63) is 39.0 Å². The summed E-state index contributed by atoms with van der Waals surface area (Å²) in [5.41, 5.74) is -1.01. The Hall–Kier alpha value is -2.64. The third kappa shape index (κ3) is 3.87. The summed E-state index contributed by atoms with van der Waals surface area (Å²) in [4.78, 5) is 26.1. The van der Waals surface area contributed by atoms with Crippen LogP contribution in [0, 0.1) is 16.9 Å². The normalized spacial score (nSPS) is 18.7. The zero-order valence-corrected chi connectivity index (χ0v) is 17.9. The minimum Gasteiger partial charge on any atom is -0.322 e. The monoisotopic (exact) mass is 431 g/mol. The minimum atomic E-state index is -3.78. The van der Waals surface area contributed by atoms with Crippen LogP contribution in [0.1, 0.15) is 39.5 Å². The fraction of sp³-hybridized carbons (Fsp3) is 0.550. The molecule has 1 heterocycles. The van der Waals surface area contributed by atoms with Gasteiger partial charge in [-0.15, -0.1) is 0 Å². The number of nitrogens with one attached hydrogen (secondary N) is 2. The lowest BCUT2D eigenvalue weighted by molar-refractivity contribution is 0.443. The van der Waals surface area contributed by atoms with Crippen LogP contribution in [0.5, 0.6) is 0 Å². The summed E-state index contributed by atoms with van der Waals surface area (Å²) < 4.78 is 30.9. The molecule has 160 valence electrons. The van der Waals surface area contributed by atoms with Gasteiger partial charge < -0.3 is 5.32 Å². The van der Waals surface area contributed by atoms with Gasteiger partial charge in [0.2, 0.25) is 10.0 Å². The summed E-state index contributed by atoms with van der Waals surface area (Å²) in [5, 5.41) is 11.3. The summed E-state index contributed by atoms with van der Waals surface area (Å²) in [6.07, 6.45) is 5.30. The summed E-state index contributed by atoms with van der Waals surface area (Å²) in [7, 11) is -3.78. The predicted octanol–water partition coefficient (Wildman–Crippen LogP) is 0.865. The van der Waals surface area contributed by atoms with Crippen LogP contribution in [0.25, 0.3) is 10.9 Å². The number of benzene rings is 1. The molecule has 0 atom stereocenters. The van der Waals surface area contributed by atoms with E-state index in [4.69, 9.17) is 5.26 Å². The maximum Gasteiger partial charge on any atom is 0.331 e. The standard InChI is InChI=1S/C20H25N5O4S/c1-19(5-6-19)12-25-16-4-3-14(30(28,29)23-20(2)7-8-20)11-15(16)17(26)24(18(25)27)10-9-22-13-21/h3-4,11,22-23H,5-10,12H2,1-2H3. The Morgan fingerprint density at radius 3 is 2.43 bits per heavy atom. The van der Waals surface area contributed by atoms with E-state index in [1.807, 2.05) is 6.92 Å². The van der Waals surface area contributed by atoms with Crippen LogP contribution >= 0.6 is 0 Å². The van der Waals surface area contributed by atoms with E-state index >= 15 is 0 Å². The molecule has 1 aromatic heterocycles. The lowest BCUT2D eigenvalue weighted by Gasteiger charge is -2.18.